The van der Waals surface area contributed by atoms with Crippen LogP contribution in [0.5, 0.6) is 0 Å². The van der Waals surface area contributed by atoms with Crippen LogP contribution in [0, 0.1) is 11.3 Å². The number of anilines is 1. The lowest BCUT2D eigenvalue weighted by Crippen LogP contribution is -2.37. The number of halogens is 1. The fourth-order valence-electron chi connectivity index (χ4n) is 4.92. The molecule has 0 bridgehead atoms. The molecule has 42 heavy (non-hydrogen) atoms. The highest BCUT2D eigenvalue weighted by Crippen LogP contribution is 2.32. The lowest BCUT2D eigenvalue weighted by atomic mass is 10.1. The van der Waals surface area contributed by atoms with Crippen LogP contribution in [0.1, 0.15) is 36.9 Å². The van der Waals surface area contributed by atoms with Gasteiger partial charge in [0.15, 0.2) is 0 Å². The van der Waals surface area contributed by atoms with Crippen LogP contribution < -0.4 is 4.90 Å². The fraction of sp³-hybridized carbons (Fsp3) is 0.188. The second kappa shape index (κ2) is 12.4. The zero-order valence-corrected chi connectivity index (χ0v) is 25.0. The molecule has 1 saturated heterocycles. The summed E-state index contributed by atoms with van der Waals surface area (Å²) in [6, 6.07) is 24.3. The first kappa shape index (κ1) is 28.0. The van der Waals surface area contributed by atoms with Gasteiger partial charge >= 0.3 is 0 Å². The third-order valence-electron chi connectivity index (χ3n) is 7.21. The number of thiophene rings is 1. The van der Waals surface area contributed by atoms with E-state index >= 15 is 0 Å². The quantitative estimate of drug-likeness (QED) is 0.204. The molecule has 1 aliphatic heterocycles. The third kappa shape index (κ3) is 6.07. The van der Waals surface area contributed by atoms with Gasteiger partial charge in [0.05, 0.1) is 35.1 Å². The van der Waals surface area contributed by atoms with Crippen molar-refractivity contribution in [3.05, 3.63) is 118 Å². The summed E-state index contributed by atoms with van der Waals surface area (Å²) in [5, 5.41) is 10.6. The molecule has 0 radical (unpaired) electrons. The molecule has 0 saturated carbocycles. The first-order valence-corrected chi connectivity index (χ1v) is 15.8. The van der Waals surface area contributed by atoms with Crippen molar-refractivity contribution in [3.8, 4) is 6.07 Å². The molecule has 1 aliphatic rings. The fourth-order valence-corrected chi connectivity index (χ4v) is 6.96. The Balaban J connectivity index is 1.32. The number of thioether (sulfide) groups is 1. The van der Waals surface area contributed by atoms with Gasteiger partial charge < -0.3 is 14.4 Å². The predicted octanol–water partition coefficient (Wildman–Crippen LogP) is 6.71. The minimum absolute atomic E-state index is 0.0684. The first-order valence-electron chi connectivity index (χ1n) is 13.4. The van der Waals surface area contributed by atoms with E-state index in [4.69, 9.17) is 16.9 Å². The van der Waals surface area contributed by atoms with Gasteiger partial charge in [-0.25, -0.2) is 4.98 Å². The van der Waals surface area contributed by atoms with Crippen molar-refractivity contribution >= 4 is 62.3 Å². The average Bonchev–Trinajstić information content (AvgIpc) is 3.66. The summed E-state index contributed by atoms with van der Waals surface area (Å²) in [5.41, 5.74) is 3.72. The van der Waals surface area contributed by atoms with Crippen molar-refractivity contribution < 1.29 is 9.59 Å². The molecule has 0 unspecified atom stereocenters. The van der Waals surface area contributed by atoms with Gasteiger partial charge in [-0.15, -0.1) is 11.3 Å². The van der Waals surface area contributed by atoms with Crippen molar-refractivity contribution in [2.75, 3.05) is 29.5 Å². The van der Waals surface area contributed by atoms with Crippen molar-refractivity contribution in [3.63, 3.8) is 0 Å². The number of imidazole rings is 1. The number of nitriles is 1. The SMILES string of the molecule is N#Cc1ccc(Cn2cncc2CN(C(=O)c2ccc(Cl)cc2)c2ccc3sc(C(=O)N4CCSCC4)cc3c2)cc1. The maximum Gasteiger partial charge on any atom is 0.264 e. The molecule has 0 spiro atoms. The Morgan fingerprint density at radius 1 is 1.00 bits per heavy atom. The lowest BCUT2D eigenvalue weighted by Gasteiger charge is -2.25. The van der Waals surface area contributed by atoms with E-state index in [-0.39, 0.29) is 18.4 Å². The maximum atomic E-state index is 13.9. The number of hydrogen-bond acceptors (Lipinski definition) is 6. The van der Waals surface area contributed by atoms with Crippen LogP contribution >= 0.6 is 34.7 Å². The maximum absolute atomic E-state index is 13.9. The van der Waals surface area contributed by atoms with Gasteiger partial charge in [0, 0.05) is 58.3 Å². The van der Waals surface area contributed by atoms with Crippen molar-refractivity contribution in [1.82, 2.24) is 14.5 Å². The number of hydrogen-bond donors (Lipinski definition) is 0. The van der Waals surface area contributed by atoms with E-state index in [0.29, 0.717) is 27.6 Å². The number of rotatable bonds is 7. The Morgan fingerprint density at radius 2 is 1.76 bits per heavy atom. The van der Waals surface area contributed by atoms with Gasteiger partial charge in [0.2, 0.25) is 0 Å². The van der Waals surface area contributed by atoms with Crippen LogP contribution in [0.2, 0.25) is 5.02 Å². The van der Waals surface area contributed by atoms with E-state index in [2.05, 4.69) is 11.1 Å². The molecular weight excluding hydrogens is 586 g/mol. The highest BCUT2D eigenvalue weighted by molar-refractivity contribution is 7.99. The van der Waals surface area contributed by atoms with Crippen LogP contribution in [0.3, 0.4) is 0 Å². The first-order chi connectivity index (χ1) is 20.5. The smallest absolute Gasteiger partial charge is 0.264 e. The molecule has 2 amide bonds. The second-order valence-corrected chi connectivity index (χ2v) is 12.7. The summed E-state index contributed by atoms with van der Waals surface area (Å²) < 4.78 is 3.00. The van der Waals surface area contributed by atoms with E-state index in [1.807, 2.05) is 57.6 Å². The summed E-state index contributed by atoms with van der Waals surface area (Å²) in [6.45, 7) is 2.36. The van der Waals surface area contributed by atoms with Crippen molar-refractivity contribution in [1.29, 1.82) is 5.26 Å². The number of carbonyl (C=O) groups is 2. The molecule has 0 atom stereocenters. The standard InChI is InChI=1S/C32H26ClN5O2S2/c33-26-7-5-24(6-8-26)31(39)38(20-28-18-35-21-37(28)19-23-3-1-22(17-34)2-4-23)27-9-10-29-25(15-27)16-30(42-29)32(40)36-11-13-41-14-12-36/h1-10,15-16,18,21H,11-14,19-20H2. The highest BCUT2D eigenvalue weighted by Gasteiger charge is 2.23. The highest BCUT2D eigenvalue weighted by atomic mass is 35.5. The lowest BCUT2D eigenvalue weighted by molar-refractivity contribution is 0.0777. The minimum Gasteiger partial charge on any atom is -0.336 e. The van der Waals surface area contributed by atoms with Crippen molar-refractivity contribution in [2.24, 2.45) is 0 Å². The average molecular weight is 612 g/mol. The largest absolute Gasteiger partial charge is 0.336 e. The third-order valence-corrected chi connectivity index (χ3v) is 9.51. The number of aromatic nitrogens is 2. The summed E-state index contributed by atoms with van der Waals surface area (Å²) in [5.74, 6) is 1.82. The van der Waals surface area contributed by atoms with Crippen LogP contribution in [0.15, 0.2) is 85.3 Å². The Kier molecular flexibility index (Phi) is 8.29. The Morgan fingerprint density at radius 3 is 2.50 bits per heavy atom. The van der Waals surface area contributed by atoms with Gasteiger partial charge in [-0.3, -0.25) is 9.59 Å². The zero-order chi connectivity index (χ0) is 29.1. The zero-order valence-electron chi connectivity index (χ0n) is 22.6. The van der Waals surface area contributed by atoms with Gasteiger partial charge in [-0.2, -0.15) is 17.0 Å². The molecular formula is C32H26ClN5O2S2. The molecule has 0 N–H and O–H groups in total. The van der Waals surface area contributed by atoms with Crippen LogP contribution in [0.25, 0.3) is 10.1 Å². The Hall–Kier alpha value is -4.10. The summed E-state index contributed by atoms with van der Waals surface area (Å²) in [7, 11) is 0. The number of nitrogens with zero attached hydrogens (tertiary/aromatic N) is 5. The summed E-state index contributed by atoms with van der Waals surface area (Å²) in [6.07, 6.45) is 3.51. The molecule has 0 aliphatic carbocycles. The number of fused-ring (bicyclic) bond motifs is 1. The van der Waals surface area contributed by atoms with Gasteiger partial charge in [0.25, 0.3) is 11.8 Å². The molecule has 3 aromatic carbocycles. The molecule has 210 valence electrons. The molecule has 6 rings (SSSR count). The topological polar surface area (TPSA) is 82.2 Å². The van der Waals surface area contributed by atoms with E-state index in [1.165, 1.54) is 11.3 Å². The van der Waals surface area contributed by atoms with E-state index < -0.39 is 0 Å². The second-order valence-electron chi connectivity index (χ2n) is 9.96. The number of amides is 2. The number of carbonyl (C=O) groups excluding carboxylic acids is 2. The van der Waals surface area contributed by atoms with E-state index in [1.54, 1.807) is 53.8 Å². The summed E-state index contributed by atoms with van der Waals surface area (Å²) in [4.78, 5) is 35.9. The molecule has 3 heterocycles. The van der Waals surface area contributed by atoms with E-state index in [0.717, 1.165) is 51.6 Å². The van der Waals surface area contributed by atoms with Crippen LogP contribution in [0.4, 0.5) is 5.69 Å². The van der Waals surface area contributed by atoms with Gasteiger partial charge in [-0.05, 0) is 71.6 Å². The minimum atomic E-state index is -0.172. The molecule has 5 aromatic rings. The Bertz CT molecular complexity index is 1780. The molecule has 1 fully saturated rings. The van der Waals surface area contributed by atoms with Crippen LogP contribution in [-0.2, 0) is 13.1 Å². The normalized spacial score (nSPS) is 13.2. The molecule has 7 nitrogen and oxygen atoms in total. The van der Waals surface area contributed by atoms with E-state index in [9.17, 15) is 9.59 Å². The molecule has 2 aromatic heterocycles. The molecule has 10 heteroatoms. The predicted molar refractivity (Wildman–Crippen MR) is 170 cm³/mol. The van der Waals surface area contributed by atoms with Gasteiger partial charge in [-0.1, -0.05) is 23.7 Å². The van der Waals surface area contributed by atoms with Crippen LogP contribution in [-0.4, -0.2) is 50.9 Å². The Labute approximate surface area is 257 Å². The van der Waals surface area contributed by atoms with Gasteiger partial charge in [0.1, 0.15) is 0 Å². The monoisotopic (exact) mass is 611 g/mol. The number of benzene rings is 3. The van der Waals surface area contributed by atoms with Crippen molar-refractivity contribution in [2.45, 2.75) is 13.1 Å². The summed E-state index contributed by atoms with van der Waals surface area (Å²) >= 11 is 9.47.